The molecular weight excluding hydrogens is 222 g/mol. The molecule has 0 aromatic heterocycles. The summed E-state index contributed by atoms with van der Waals surface area (Å²) in [5.41, 5.74) is 6.04. The van der Waals surface area contributed by atoms with Gasteiger partial charge in [-0.05, 0) is 18.6 Å². The lowest BCUT2D eigenvalue weighted by Crippen LogP contribution is -2.29. The lowest BCUT2D eigenvalue weighted by atomic mass is 10.2. The fraction of sp³-hybridized carbons (Fsp3) is 0.167. The van der Waals surface area contributed by atoms with Crippen LogP contribution in [-0.2, 0) is 19.4 Å². The first kappa shape index (κ1) is 12.9. The maximum absolute atomic E-state index is 11.1. The smallest absolute Gasteiger partial charge is 0.319 e. The number of benzene rings is 1. The lowest BCUT2D eigenvalue weighted by Gasteiger charge is -2.02. The van der Waals surface area contributed by atoms with E-state index in [9.17, 15) is 9.59 Å². The molecule has 5 nitrogen and oxygen atoms in total. The van der Waals surface area contributed by atoms with Crippen LogP contribution in [0, 0.1) is 0 Å². The number of rotatable bonds is 3. The van der Waals surface area contributed by atoms with E-state index >= 15 is 0 Å². The molecule has 0 aliphatic heterocycles. The van der Waals surface area contributed by atoms with Gasteiger partial charge in [-0.2, -0.15) is 0 Å². The van der Waals surface area contributed by atoms with Crippen LogP contribution in [0.3, 0.4) is 0 Å². The minimum atomic E-state index is -0.832. The zero-order valence-corrected chi connectivity index (χ0v) is 9.33. The minimum absolute atomic E-state index is 0.775. The van der Waals surface area contributed by atoms with Gasteiger partial charge in [0, 0.05) is 6.08 Å². The third-order valence-corrected chi connectivity index (χ3v) is 1.79. The van der Waals surface area contributed by atoms with Gasteiger partial charge in [0.05, 0.1) is 0 Å². The van der Waals surface area contributed by atoms with E-state index in [2.05, 4.69) is 9.78 Å². The first-order valence-corrected chi connectivity index (χ1v) is 5.00. The van der Waals surface area contributed by atoms with E-state index in [-0.39, 0.29) is 0 Å². The summed E-state index contributed by atoms with van der Waals surface area (Å²) < 4.78 is 0. The molecule has 0 amide bonds. The zero-order valence-electron chi connectivity index (χ0n) is 9.33. The molecule has 17 heavy (non-hydrogen) atoms. The molecule has 0 bridgehead atoms. The van der Waals surface area contributed by atoms with Crippen molar-refractivity contribution in [2.24, 2.45) is 5.73 Å². The Hall–Kier alpha value is -2.14. The summed E-state index contributed by atoms with van der Waals surface area (Å²) in [7, 11) is 0. The molecule has 0 spiro atoms. The molecule has 1 unspecified atom stereocenters. The van der Waals surface area contributed by atoms with Gasteiger partial charge in [-0.1, -0.05) is 30.3 Å². The second kappa shape index (κ2) is 6.44. The van der Waals surface area contributed by atoms with Gasteiger partial charge >= 0.3 is 11.9 Å². The standard InChI is InChI=1S/C12H13NO4/c1-9(13)12(15)17-16-11(14)8-7-10-5-3-2-4-6-10/h2-9H,13H2,1H3/b8-7+. The van der Waals surface area contributed by atoms with Crippen molar-refractivity contribution in [1.29, 1.82) is 0 Å². The van der Waals surface area contributed by atoms with Gasteiger partial charge in [0.1, 0.15) is 6.04 Å². The van der Waals surface area contributed by atoms with Gasteiger partial charge in [0.15, 0.2) is 0 Å². The molecule has 0 heterocycles. The van der Waals surface area contributed by atoms with Crippen molar-refractivity contribution in [3.63, 3.8) is 0 Å². The van der Waals surface area contributed by atoms with Gasteiger partial charge in [0.25, 0.3) is 0 Å². The average molecular weight is 235 g/mol. The number of hydrogen-bond donors (Lipinski definition) is 1. The molecule has 1 aromatic rings. The Bertz CT molecular complexity index is 412. The minimum Gasteiger partial charge on any atom is -0.319 e. The number of carbonyl (C=O) groups excluding carboxylic acids is 2. The van der Waals surface area contributed by atoms with Crippen molar-refractivity contribution in [1.82, 2.24) is 0 Å². The van der Waals surface area contributed by atoms with E-state index in [0.717, 1.165) is 11.6 Å². The van der Waals surface area contributed by atoms with E-state index in [1.165, 1.54) is 6.92 Å². The summed E-state index contributed by atoms with van der Waals surface area (Å²) in [5, 5.41) is 0. The van der Waals surface area contributed by atoms with Crippen LogP contribution in [0.1, 0.15) is 12.5 Å². The van der Waals surface area contributed by atoms with Crippen molar-refractivity contribution in [3.8, 4) is 0 Å². The summed E-state index contributed by atoms with van der Waals surface area (Å²) in [4.78, 5) is 30.4. The van der Waals surface area contributed by atoms with Crippen molar-refractivity contribution < 1.29 is 19.4 Å². The van der Waals surface area contributed by atoms with Gasteiger partial charge in [-0.15, -0.1) is 0 Å². The Morgan fingerprint density at radius 2 is 1.88 bits per heavy atom. The quantitative estimate of drug-likeness (QED) is 0.481. The molecule has 1 atom stereocenters. The molecule has 0 fully saturated rings. The predicted molar refractivity (Wildman–Crippen MR) is 61.3 cm³/mol. The normalized spacial score (nSPS) is 12.1. The Labute approximate surface area is 98.8 Å². The molecule has 0 saturated heterocycles. The van der Waals surface area contributed by atoms with Crippen molar-refractivity contribution in [3.05, 3.63) is 42.0 Å². The maximum Gasteiger partial charge on any atom is 0.379 e. The van der Waals surface area contributed by atoms with Crippen molar-refractivity contribution in [2.75, 3.05) is 0 Å². The first-order valence-electron chi connectivity index (χ1n) is 5.00. The van der Waals surface area contributed by atoms with Crippen LogP contribution >= 0.6 is 0 Å². The molecule has 90 valence electrons. The highest BCUT2D eigenvalue weighted by atomic mass is 17.2. The van der Waals surface area contributed by atoms with Crippen LogP contribution in [0.5, 0.6) is 0 Å². The van der Waals surface area contributed by atoms with Crippen LogP contribution in [-0.4, -0.2) is 18.0 Å². The molecule has 0 aliphatic rings. The Morgan fingerprint density at radius 1 is 1.24 bits per heavy atom. The molecule has 2 N–H and O–H groups in total. The highest BCUT2D eigenvalue weighted by Crippen LogP contribution is 2.01. The Kier molecular flexibility index (Phi) is 4.90. The van der Waals surface area contributed by atoms with Gasteiger partial charge < -0.3 is 5.73 Å². The fourth-order valence-electron chi connectivity index (χ4n) is 0.914. The number of nitrogens with two attached hydrogens (primary N) is 1. The van der Waals surface area contributed by atoms with Crippen LogP contribution in [0.2, 0.25) is 0 Å². The SMILES string of the molecule is CC(N)C(=O)OOC(=O)/C=C/c1ccccc1. The monoisotopic (exact) mass is 235 g/mol. The van der Waals surface area contributed by atoms with E-state index in [1.807, 2.05) is 30.3 Å². The van der Waals surface area contributed by atoms with E-state index in [4.69, 9.17) is 5.73 Å². The zero-order chi connectivity index (χ0) is 12.7. The first-order chi connectivity index (χ1) is 8.09. The maximum atomic E-state index is 11.1. The molecule has 0 aliphatic carbocycles. The Morgan fingerprint density at radius 3 is 2.47 bits per heavy atom. The summed E-state index contributed by atoms with van der Waals surface area (Å²) in [6.45, 7) is 1.43. The van der Waals surface area contributed by atoms with Crippen LogP contribution < -0.4 is 5.73 Å². The van der Waals surface area contributed by atoms with Crippen molar-refractivity contribution in [2.45, 2.75) is 13.0 Å². The summed E-state index contributed by atoms with van der Waals surface area (Å²) >= 11 is 0. The summed E-state index contributed by atoms with van der Waals surface area (Å²) in [5.74, 6) is -1.57. The highest BCUT2D eigenvalue weighted by Gasteiger charge is 2.11. The van der Waals surface area contributed by atoms with E-state index < -0.39 is 18.0 Å². The second-order valence-corrected chi connectivity index (χ2v) is 3.34. The molecular formula is C12H13NO4. The van der Waals surface area contributed by atoms with Gasteiger partial charge in [-0.3, -0.25) is 0 Å². The fourth-order valence-corrected chi connectivity index (χ4v) is 0.914. The summed E-state index contributed by atoms with van der Waals surface area (Å²) in [6, 6.07) is 8.33. The van der Waals surface area contributed by atoms with Crippen LogP contribution in [0.25, 0.3) is 6.08 Å². The number of hydrogen-bond acceptors (Lipinski definition) is 5. The van der Waals surface area contributed by atoms with E-state index in [0.29, 0.717) is 0 Å². The molecule has 1 rings (SSSR count). The third kappa shape index (κ3) is 4.94. The highest BCUT2D eigenvalue weighted by molar-refractivity contribution is 5.87. The average Bonchev–Trinajstić information content (AvgIpc) is 2.34. The summed E-state index contributed by atoms with van der Waals surface area (Å²) in [6.07, 6.45) is 2.70. The Balaban J connectivity index is 2.40. The third-order valence-electron chi connectivity index (χ3n) is 1.79. The van der Waals surface area contributed by atoms with Crippen LogP contribution in [0.4, 0.5) is 0 Å². The topological polar surface area (TPSA) is 78.6 Å². The van der Waals surface area contributed by atoms with Gasteiger partial charge in [0.2, 0.25) is 0 Å². The second-order valence-electron chi connectivity index (χ2n) is 3.34. The molecule has 1 aromatic carbocycles. The molecule has 0 saturated carbocycles. The van der Waals surface area contributed by atoms with Gasteiger partial charge in [-0.25, -0.2) is 19.4 Å². The lowest BCUT2D eigenvalue weighted by molar-refractivity contribution is -0.255. The number of carbonyl (C=O) groups is 2. The van der Waals surface area contributed by atoms with Crippen molar-refractivity contribution >= 4 is 18.0 Å². The largest absolute Gasteiger partial charge is 0.379 e. The molecule has 5 heteroatoms. The predicted octanol–water partition coefficient (Wildman–Crippen LogP) is 1.05. The van der Waals surface area contributed by atoms with E-state index in [1.54, 1.807) is 6.08 Å². The molecule has 0 radical (unpaired) electrons. The van der Waals surface area contributed by atoms with Crippen LogP contribution in [0.15, 0.2) is 36.4 Å².